The highest BCUT2D eigenvalue weighted by Gasteiger charge is 2.34. The lowest BCUT2D eigenvalue weighted by Gasteiger charge is -2.45. The van der Waals surface area contributed by atoms with Crippen molar-refractivity contribution >= 4 is 35.1 Å². The van der Waals surface area contributed by atoms with Crippen LogP contribution in [-0.4, -0.2) is 58.9 Å². The molecule has 236 valence electrons. The van der Waals surface area contributed by atoms with Gasteiger partial charge in [-0.3, -0.25) is 19.2 Å². The standard InChI is InChI=1S/C36H35FN4O5/c1-23-22-41(36(46)27-11-7-4-8-12-27)24(2)21-40(23)32-18-15-28(19-31(32)39-34(44)26-9-5-3-6-10-26)35(45)38-30(20-33(42)43)25-13-16-29(37)17-14-25/h3-19,23-24,30H,20-22H2,1-2H3,(H,38,45)(H,39,44)(H,42,43). The average molecular weight is 623 g/mol. The van der Waals surface area contributed by atoms with E-state index >= 15 is 0 Å². The summed E-state index contributed by atoms with van der Waals surface area (Å²) >= 11 is 0. The lowest BCUT2D eigenvalue weighted by molar-refractivity contribution is -0.137. The van der Waals surface area contributed by atoms with Crippen LogP contribution in [0.1, 0.15) is 62.9 Å². The molecule has 3 N–H and O–H groups in total. The van der Waals surface area contributed by atoms with Crippen LogP contribution in [0.3, 0.4) is 0 Å². The summed E-state index contributed by atoms with van der Waals surface area (Å²) < 4.78 is 13.5. The molecule has 4 aromatic carbocycles. The largest absolute Gasteiger partial charge is 0.481 e. The van der Waals surface area contributed by atoms with Crippen LogP contribution in [0.2, 0.25) is 0 Å². The highest BCUT2D eigenvalue weighted by molar-refractivity contribution is 6.07. The molecule has 4 aromatic rings. The number of carbonyl (C=O) groups excluding carboxylic acids is 3. The molecule has 0 aromatic heterocycles. The molecule has 0 saturated carbocycles. The second-order valence-corrected chi connectivity index (χ2v) is 11.4. The summed E-state index contributed by atoms with van der Waals surface area (Å²) in [6.07, 6.45) is -0.408. The number of amides is 3. The molecule has 1 heterocycles. The number of halogens is 1. The molecule has 0 bridgehead atoms. The van der Waals surface area contributed by atoms with Gasteiger partial charge in [0.25, 0.3) is 17.7 Å². The van der Waals surface area contributed by atoms with Gasteiger partial charge in [-0.15, -0.1) is 0 Å². The number of hydrogen-bond donors (Lipinski definition) is 3. The molecule has 0 radical (unpaired) electrons. The number of benzene rings is 4. The Labute approximate surface area is 266 Å². The maximum Gasteiger partial charge on any atom is 0.305 e. The smallest absolute Gasteiger partial charge is 0.305 e. The van der Waals surface area contributed by atoms with Crippen molar-refractivity contribution in [3.63, 3.8) is 0 Å². The maximum atomic E-state index is 13.5. The van der Waals surface area contributed by atoms with Gasteiger partial charge in [0.1, 0.15) is 5.82 Å². The third-order valence-corrected chi connectivity index (χ3v) is 8.08. The monoisotopic (exact) mass is 622 g/mol. The van der Waals surface area contributed by atoms with E-state index in [0.29, 0.717) is 41.2 Å². The second-order valence-electron chi connectivity index (χ2n) is 11.4. The number of carboxylic acid groups (broad SMARTS) is 1. The number of piperazine rings is 1. The van der Waals surface area contributed by atoms with Crippen molar-refractivity contribution in [1.29, 1.82) is 0 Å². The Kier molecular flexibility index (Phi) is 9.76. The zero-order chi connectivity index (χ0) is 32.8. The molecule has 3 atom stereocenters. The first-order valence-corrected chi connectivity index (χ1v) is 15.0. The highest BCUT2D eigenvalue weighted by atomic mass is 19.1. The van der Waals surface area contributed by atoms with Gasteiger partial charge in [-0.05, 0) is 74.0 Å². The zero-order valence-corrected chi connectivity index (χ0v) is 25.5. The first kappa shape index (κ1) is 31.9. The summed E-state index contributed by atoms with van der Waals surface area (Å²) in [5.41, 5.74) is 2.75. The molecule has 46 heavy (non-hydrogen) atoms. The molecule has 1 aliphatic rings. The number of carboxylic acids is 1. The van der Waals surface area contributed by atoms with E-state index < -0.39 is 30.2 Å². The van der Waals surface area contributed by atoms with Crippen LogP contribution in [0.5, 0.6) is 0 Å². The molecular formula is C36H35FN4O5. The van der Waals surface area contributed by atoms with E-state index in [1.165, 1.54) is 24.3 Å². The number of rotatable bonds is 9. The first-order chi connectivity index (χ1) is 22.1. The van der Waals surface area contributed by atoms with Crippen molar-refractivity contribution in [3.8, 4) is 0 Å². The van der Waals surface area contributed by atoms with E-state index in [4.69, 9.17) is 0 Å². The van der Waals surface area contributed by atoms with Gasteiger partial charge in [0.15, 0.2) is 0 Å². The first-order valence-electron chi connectivity index (χ1n) is 15.0. The van der Waals surface area contributed by atoms with Crippen LogP contribution in [0, 0.1) is 5.82 Å². The number of carbonyl (C=O) groups is 4. The number of nitrogens with zero attached hydrogens (tertiary/aromatic N) is 2. The zero-order valence-electron chi connectivity index (χ0n) is 25.5. The van der Waals surface area contributed by atoms with Gasteiger partial charge >= 0.3 is 5.97 Å². The van der Waals surface area contributed by atoms with E-state index in [9.17, 15) is 28.7 Å². The summed E-state index contributed by atoms with van der Waals surface area (Å²) in [6.45, 7) is 4.89. The Bertz CT molecular complexity index is 1720. The lowest BCUT2D eigenvalue weighted by Crippen LogP contribution is -2.58. The molecule has 3 amide bonds. The van der Waals surface area contributed by atoms with Crippen LogP contribution in [-0.2, 0) is 4.79 Å². The van der Waals surface area contributed by atoms with Crippen molar-refractivity contribution < 1.29 is 28.7 Å². The van der Waals surface area contributed by atoms with Crippen LogP contribution >= 0.6 is 0 Å². The van der Waals surface area contributed by atoms with E-state index in [2.05, 4.69) is 15.5 Å². The third kappa shape index (κ3) is 7.40. The lowest BCUT2D eigenvalue weighted by atomic mass is 10.0. The molecule has 0 aliphatic carbocycles. The van der Waals surface area contributed by atoms with Crippen LogP contribution in [0.25, 0.3) is 0 Å². The molecule has 10 heteroatoms. The number of hydrogen-bond acceptors (Lipinski definition) is 5. The van der Waals surface area contributed by atoms with Gasteiger partial charge in [0, 0.05) is 41.9 Å². The molecule has 3 unspecified atom stereocenters. The van der Waals surface area contributed by atoms with Gasteiger partial charge in [0.2, 0.25) is 0 Å². The predicted octanol–water partition coefficient (Wildman–Crippen LogP) is 5.76. The highest BCUT2D eigenvalue weighted by Crippen LogP contribution is 2.33. The minimum atomic E-state index is -1.13. The molecule has 0 spiro atoms. The maximum absolute atomic E-state index is 13.5. The van der Waals surface area contributed by atoms with Crippen molar-refractivity contribution in [3.05, 3.63) is 131 Å². The fourth-order valence-corrected chi connectivity index (χ4v) is 5.67. The van der Waals surface area contributed by atoms with Crippen LogP contribution < -0.4 is 15.5 Å². The number of anilines is 2. The Morgan fingerprint density at radius 2 is 1.41 bits per heavy atom. The topological polar surface area (TPSA) is 119 Å². The van der Waals surface area contributed by atoms with Gasteiger partial charge in [-0.2, -0.15) is 0 Å². The molecule has 9 nitrogen and oxygen atoms in total. The van der Waals surface area contributed by atoms with Gasteiger partial charge < -0.3 is 25.5 Å². The van der Waals surface area contributed by atoms with E-state index in [-0.39, 0.29) is 29.5 Å². The summed E-state index contributed by atoms with van der Waals surface area (Å²) in [7, 11) is 0. The normalized spacial score (nSPS) is 16.8. The molecule has 1 aliphatic heterocycles. The third-order valence-electron chi connectivity index (χ3n) is 8.08. The average Bonchev–Trinajstić information content (AvgIpc) is 3.06. The van der Waals surface area contributed by atoms with Crippen molar-refractivity contribution in [2.45, 2.75) is 38.4 Å². The van der Waals surface area contributed by atoms with Crippen LogP contribution in [0.4, 0.5) is 15.8 Å². The summed E-state index contributed by atoms with van der Waals surface area (Å²) in [5.74, 6) is -2.59. The van der Waals surface area contributed by atoms with Gasteiger partial charge in [-0.25, -0.2) is 4.39 Å². The Hall–Kier alpha value is -5.51. The van der Waals surface area contributed by atoms with E-state index in [1.807, 2.05) is 36.9 Å². The SMILES string of the molecule is CC1CN(c2ccc(C(=O)NC(CC(=O)O)c3ccc(F)cc3)cc2NC(=O)c2ccccc2)C(C)CN1C(=O)c1ccccc1. The summed E-state index contributed by atoms with van der Waals surface area (Å²) in [6, 6.07) is 26.8. The van der Waals surface area contributed by atoms with Gasteiger partial charge in [0.05, 0.1) is 23.8 Å². The number of aliphatic carboxylic acids is 1. The summed E-state index contributed by atoms with van der Waals surface area (Å²) in [5, 5.41) is 15.2. The Morgan fingerprint density at radius 3 is 2.04 bits per heavy atom. The molecular weight excluding hydrogens is 587 g/mol. The van der Waals surface area contributed by atoms with E-state index in [1.54, 1.807) is 60.7 Å². The van der Waals surface area contributed by atoms with Crippen molar-refractivity contribution in [2.75, 3.05) is 23.3 Å². The summed E-state index contributed by atoms with van der Waals surface area (Å²) in [4.78, 5) is 55.7. The molecule has 1 fully saturated rings. The molecule has 1 saturated heterocycles. The fraction of sp³-hybridized carbons (Fsp3) is 0.222. The Morgan fingerprint density at radius 1 is 0.783 bits per heavy atom. The fourth-order valence-electron chi connectivity index (χ4n) is 5.67. The Balaban J connectivity index is 1.44. The molecule has 5 rings (SSSR count). The minimum absolute atomic E-state index is 0.0544. The van der Waals surface area contributed by atoms with Crippen molar-refractivity contribution in [2.24, 2.45) is 0 Å². The van der Waals surface area contributed by atoms with E-state index in [0.717, 1.165) is 0 Å². The van der Waals surface area contributed by atoms with Crippen LogP contribution in [0.15, 0.2) is 103 Å². The minimum Gasteiger partial charge on any atom is -0.481 e. The predicted molar refractivity (Wildman–Crippen MR) is 173 cm³/mol. The number of nitrogens with one attached hydrogen (secondary N) is 2. The quantitative estimate of drug-likeness (QED) is 0.218. The second kappa shape index (κ2) is 14.1. The van der Waals surface area contributed by atoms with Crippen molar-refractivity contribution in [1.82, 2.24) is 10.2 Å². The van der Waals surface area contributed by atoms with Gasteiger partial charge in [-0.1, -0.05) is 48.5 Å².